The molecule has 0 bridgehead atoms. The fourth-order valence-corrected chi connectivity index (χ4v) is 5.18. The molecular weight excluding hydrogens is 402 g/mol. The predicted octanol–water partition coefficient (Wildman–Crippen LogP) is 3.67. The van der Waals surface area contributed by atoms with Gasteiger partial charge < -0.3 is 10.2 Å². The summed E-state index contributed by atoms with van der Waals surface area (Å²) in [6.07, 6.45) is 2.09. The maximum absolute atomic E-state index is 13.3. The lowest BCUT2D eigenvalue weighted by Gasteiger charge is -2.36. The van der Waals surface area contributed by atoms with E-state index >= 15 is 0 Å². The number of rotatable bonds is 4. The number of anilines is 2. The molecule has 1 saturated heterocycles. The molecule has 4 rings (SSSR count). The number of piperidine rings is 1. The second-order valence-corrected chi connectivity index (χ2v) is 9.92. The first kappa shape index (κ1) is 22.1. The number of H-pyrrole nitrogens is 1. The Labute approximate surface area is 188 Å². The average Bonchev–Trinajstić information content (AvgIpc) is 2.72. The average molecular weight is 434 g/mol. The Morgan fingerprint density at radius 1 is 1.16 bits per heavy atom. The topological polar surface area (TPSA) is 102 Å². The first-order chi connectivity index (χ1) is 15.3. The Bertz CT molecular complexity index is 1090. The van der Waals surface area contributed by atoms with Gasteiger partial charge in [-0.1, -0.05) is 52.0 Å². The highest BCUT2D eigenvalue weighted by molar-refractivity contribution is 5.98. The van der Waals surface area contributed by atoms with Gasteiger partial charge in [0.15, 0.2) is 0 Å². The molecule has 0 spiro atoms. The van der Waals surface area contributed by atoms with Gasteiger partial charge in [-0.2, -0.15) is 10.2 Å². The van der Waals surface area contributed by atoms with Crippen LogP contribution in [-0.2, 0) is 11.2 Å². The van der Waals surface area contributed by atoms with E-state index in [4.69, 9.17) is 0 Å². The fraction of sp³-hybridized carbons (Fsp3) is 0.520. The quantitative estimate of drug-likeness (QED) is 0.766. The molecule has 2 aliphatic heterocycles. The summed E-state index contributed by atoms with van der Waals surface area (Å²) >= 11 is 0. The highest BCUT2D eigenvalue weighted by Gasteiger charge is 2.40. The summed E-state index contributed by atoms with van der Waals surface area (Å²) < 4.78 is 0. The number of carbonyl (C=O) groups is 1. The van der Waals surface area contributed by atoms with Gasteiger partial charge in [-0.15, -0.1) is 0 Å². The van der Waals surface area contributed by atoms with E-state index in [1.54, 1.807) is 0 Å². The minimum absolute atomic E-state index is 0.266. The summed E-state index contributed by atoms with van der Waals surface area (Å²) in [5.74, 6) is 0.213. The number of aromatic amines is 1. The summed E-state index contributed by atoms with van der Waals surface area (Å²) in [4.78, 5) is 35.7. The number of hydrogen-bond donors (Lipinski definition) is 2. The number of hydrogen-bond acceptors (Lipinski definition) is 5. The third-order valence-corrected chi connectivity index (χ3v) is 6.40. The van der Waals surface area contributed by atoms with Crippen LogP contribution in [0.2, 0.25) is 0 Å². The van der Waals surface area contributed by atoms with E-state index in [0.29, 0.717) is 29.3 Å². The summed E-state index contributed by atoms with van der Waals surface area (Å²) in [6.45, 7) is 10.3. The van der Waals surface area contributed by atoms with Crippen molar-refractivity contribution in [3.8, 4) is 6.07 Å². The van der Waals surface area contributed by atoms with Crippen molar-refractivity contribution in [3.63, 3.8) is 0 Å². The fourth-order valence-electron chi connectivity index (χ4n) is 5.18. The number of benzene rings is 1. The van der Waals surface area contributed by atoms with Crippen molar-refractivity contribution in [3.05, 3.63) is 51.3 Å². The highest BCUT2D eigenvalue weighted by atomic mass is 16.2. The van der Waals surface area contributed by atoms with Gasteiger partial charge in [-0.3, -0.25) is 14.6 Å². The molecule has 4 atom stereocenters. The first-order valence-corrected chi connectivity index (χ1v) is 11.4. The molecule has 1 fully saturated rings. The number of fused-ring (bicyclic) bond motifs is 1. The standard InChI is InChI=1S/C25H31N5O2/c1-14(2)9-17-5-7-18(8-6-17)20-19(11-26)23(31)27-22-21(20)24(32)29-25(28-22)30-12-15(3)10-16(4)13-30/h5-8,14-16,19-20H,9-10,12-13H2,1-4H3,(H2,27,28,29,31,32). The van der Waals surface area contributed by atoms with Gasteiger partial charge >= 0.3 is 0 Å². The first-order valence-electron chi connectivity index (χ1n) is 11.4. The molecule has 32 heavy (non-hydrogen) atoms. The van der Waals surface area contributed by atoms with E-state index in [9.17, 15) is 14.9 Å². The van der Waals surface area contributed by atoms with Crippen molar-refractivity contribution in [1.29, 1.82) is 5.26 Å². The summed E-state index contributed by atoms with van der Waals surface area (Å²) in [5, 5.41) is 12.5. The van der Waals surface area contributed by atoms with Crippen LogP contribution < -0.4 is 15.8 Å². The number of aromatic nitrogens is 2. The van der Waals surface area contributed by atoms with Crippen molar-refractivity contribution >= 4 is 17.7 Å². The van der Waals surface area contributed by atoms with Crippen LogP contribution in [0.5, 0.6) is 0 Å². The van der Waals surface area contributed by atoms with E-state index < -0.39 is 17.7 Å². The number of nitriles is 1. The molecule has 2 N–H and O–H groups in total. The third kappa shape index (κ3) is 4.27. The molecule has 3 heterocycles. The van der Waals surface area contributed by atoms with Crippen LogP contribution in [-0.4, -0.2) is 29.0 Å². The Balaban J connectivity index is 1.75. The number of nitrogens with one attached hydrogen (secondary N) is 2. The number of amides is 1. The Kier molecular flexibility index (Phi) is 6.05. The van der Waals surface area contributed by atoms with Crippen LogP contribution in [0.1, 0.15) is 56.7 Å². The molecule has 7 nitrogen and oxygen atoms in total. The van der Waals surface area contributed by atoms with Crippen LogP contribution in [0.15, 0.2) is 29.1 Å². The molecular formula is C25H31N5O2. The molecule has 1 aromatic heterocycles. The summed E-state index contributed by atoms with van der Waals surface area (Å²) in [6, 6.07) is 9.99. The van der Waals surface area contributed by atoms with Crippen LogP contribution in [0, 0.1) is 35.0 Å². The normalized spacial score (nSPS) is 25.2. The Hall–Kier alpha value is -3.14. The van der Waals surface area contributed by atoms with Gasteiger partial charge in [0.2, 0.25) is 11.9 Å². The van der Waals surface area contributed by atoms with Crippen LogP contribution in [0.3, 0.4) is 0 Å². The molecule has 168 valence electrons. The molecule has 4 unspecified atom stereocenters. The van der Waals surface area contributed by atoms with Crippen molar-refractivity contribution in [2.45, 2.75) is 46.5 Å². The minimum atomic E-state index is -0.984. The number of nitrogens with zero attached hydrogens (tertiary/aromatic N) is 3. The molecule has 2 aromatic rings. The second kappa shape index (κ2) is 8.78. The molecule has 1 amide bonds. The van der Waals surface area contributed by atoms with Gasteiger partial charge in [0.05, 0.1) is 11.6 Å². The molecule has 2 aliphatic rings. The maximum atomic E-state index is 13.3. The van der Waals surface area contributed by atoms with Crippen LogP contribution in [0.25, 0.3) is 0 Å². The summed E-state index contributed by atoms with van der Waals surface area (Å²) in [7, 11) is 0. The van der Waals surface area contributed by atoms with Gasteiger partial charge in [0.25, 0.3) is 5.56 Å². The molecule has 1 aromatic carbocycles. The van der Waals surface area contributed by atoms with Gasteiger partial charge in [-0.25, -0.2) is 0 Å². The Morgan fingerprint density at radius 3 is 2.41 bits per heavy atom. The Morgan fingerprint density at radius 2 is 1.81 bits per heavy atom. The zero-order valence-corrected chi connectivity index (χ0v) is 19.2. The largest absolute Gasteiger partial charge is 0.342 e. The van der Waals surface area contributed by atoms with E-state index in [0.717, 1.165) is 31.5 Å². The molecule has 0 aliphatic carbocycles. The highest BCUT2D eigenvalue weighted by Crippen LogP contribution is 2.38. The maximum Gasteiger partial charge on any atom is 0.258 e. The number of carbonyl (C=O) groups excluding carboxylic acids is 1. The lowest BCUT2D eigenvalue weighted by Crippen LogP contribution is -2.42. The van der Waals surface area contributed by atoms with Crippen molar-refractivity contribution in [2.24, 2.45) is 23.7 Å². The van der Waals surface area contributed by atoms with Gasteiger partial charge in [0.1, 0.15) is 11.7 Å². The molecule has 0 radical (unpaired) electrons. The predicted molar refractivity (Wildman–Crippen MR) is 125 cm³/mol. The second-order valence-electron chi connectivity index (χ2n) is 9.92. The van der Waals surface area contributed by atoms with E-state index in [2.05, 4.69) is 53.9 Å². The lowest BCUT2D eigenvalue weighted by molar-refractivity contribution is -0.119. The van der Waals surface area contributed by atoms with Crippen molar-refractivity contribution in [1.82, 2.24) is 9.97 Å². The lowest BCUT2D eigenvalue weighted by atomic mass is 9.79. The minimum Gasteiger partial charge on any atom is -0.342 e. The third-order valence-electron chi connectivity index (χ3n) is 6.40. The van der Waals surface area contributed by atoms with Crippen LogP contribution in [0.4, 0.5) is 11.8 Å². The van der Waals surface area contributed by atoms with Gasteiger partial charge in [0, 0.05) is 19.0 Å². The zero-order chi connectivity index (χ0) is 23.0. The summed E-state index contributed by atoms with van der Waals surface area (Å²) in [5.41, 5.74) is 2.02. The smallest absolute Gasteiger partial charge is 0.258 e. The van der Waals surface area contributed by atoms with E-state index in [-0.39, 0.29) is 11.4 Å². The van der Waals surface area contributed by atoms with Crippen molar-refractivity contribution in [2.75, 3.05) is 23.3 Å². The SMILES string of the molecule is CC(C)Cc1ccc(C2c3c(nc(N4CC(C)CC(C)C4)[nH]c3=O)NC(=O)C2C#N)cc1. The monoisotopic (exact) mass is 433 g/mol. The van der Waals surface area contributed by atoms with Crippen LogP contribution >= 0.6 is 0 Å². The van der Waals surface area contributed by atoms with Crippen molar-refractivity contribution < 1.29 is 4.79 Å². The van der Waals surface area contributed by atoms with E-state index in [1.165, 1.54) is 5.56 Å². The van der Waals surface area contributed by atoms with Gasteiger partial charge in [-0.05, 0) is 41.7 Å². The molecule has 0 saturated carbocycles. The molecule has 7 heteroatoms. The van der Waals surface area contributed by atoms with E-state index in [1.807, 2.05) is 24.3 Å². The zero-order valence-electron chi connectivity index (χ0n) is 19.2.